The van der Waals surface area contributed by atoms with Crippen LogP contribution in [0.1, 0.15) is 0 Å². The second-order valence-corrected chi connectivity index (χ2v) is 14.0. The van der Waals surface area contributed by atoms with Crippen molar-refractivity contribution in [1.29, 1.82) is 0 Å². The molecule has 3 nitrogen and oxygen atoms in total. The Morgan fingerprint density at radius 3 is 1.46 bits per heavy atom. The fourth-order valence-electron chi connectivity index (χ4n) is 8.65. The summed E-state index contributed by atoms with van der Waals surface area (Å²) < 4.78 is 13.9. The number of nitrogens with zero attached hydrogens (tertiary/aromatic N) is 1. The Labute approximate surface area is 314 Å². The van der Waals surface area contributed by atoms with Gasteiger partial charge in [-0.3, -0.25) is 0 Å². The normalized spacial score (nSPS) is 12.3. The molecule has 54 heavy (non-hydrogen) atoms. The molecule has 0 fully saturated rings. The van der Waals surface area contributed by atoms with E-state index in [9.17, 15) is 0 Å². The fraction of sp³-hybridized carbons (Fsp3) is 0. The van der Waals surface area contributed by atoms with Gasteiger partial charge in [0, 0.05) is 28.3 Å². The lowest BCUT2D eigenvalue weighted by Crippen LogP contribution is -2.58. The molecule has 0 spiro atoms. The first-order valence-corrected chi connectivity index (χ1v) is 18.5. The summed E-state index contributed by atoms with van der Waals surface area (Å²) in [7, 11) is 0. The summed E-state index contributed by atoms with van der Waals surface area (Å²) in [6.45, 7) is -0.112. The highest BCUT2D eigenvalue weighted by Crippen LogP contribution is 2.45. The van der Waals surface area contributed by atoms with E-state index in [1.807, 2.05) is 6.07 Å². The Balaban J connectivity index is 1.17. The van der Waals surface area contributed by atoms with Crippen molar-refractivity contribution in [2.24, 2.45) is 0 Å². The Bertz CT molecular complexity index is 2850. The van der Waals surface area contributed by atoms with Gasteiger partial charge in [-0.1, -0.05) is 140 Å². The molecule has 252 valence electrons. The highest BCUT2D eigenvalue weighted by atomic mass is 16.5. The number of hydrogen-bond donors (Lipinski definition) is 0. The summed E-state index contributed by atoms with van der Waals surface area (Å²) in [5, 5.41) is 4.68. The van der Waals surface area contributed by atoms with Crippen molar-refractivity contribution in [3.05, 3.63) is 194 Å². The van der Waals surface area contributed by atoms with Crippen LogP contribution in [0.25, 0.3) is 43.8 Å². The monoisotopic (exact) mass is 689 g/mol. The minimum atomic E-state index is -0.112. The van der Waals surface area contributed by atoms with Crippen LogP contribution in [0, 0.1) is 0 Å². The van der Waals surface area contributed by atoms with Gasteiger partial charge in [0.2, 0.25) is 0 Å². The van der Waals surface area contributed by atoms with E-state index in [4.69, 9.17) is 9.47 Å². The molecule has 0 aromatic heterocycles. The average Bonchev–Trinajstić information content (AvgIpc) is 3.24. The quantitative estimate of drug-likeness (QED) is 0.168. The van der Waals surface area contributed by atoms with E-state index in [0.717, 1.165) is 72.9 Å². The first kappa shape index (κ1) is 30.6. The Morgan fingerprint density at radius 2 is 0.815 bits per heavy atom. The van der Waals surface area contributed by atoms with Gasteiger partial charge in [0.05, 0.1) is 5.69 Å². The third-order valence-corrected chi connectivity index (χ3v) is 11.0. The summed E-state index contributed by atoms with van der Waals surface area (Å²) in [5.41, 5.74) is 11.3. The second-order valence-electron chi connectivity index (χ2n) is 14.0. The standard InChI is InChI=1S/C50H32BNO2/c1-4-16-33(17-5-1)34-18-14-19-35(30-34)42-31-46-48(40-26-12-10-24-38(40)42)51-49-41-27-13-11-25-39(41)43(32-47(49)54-45-29-15-28-44(53-46)50(45)51)52(36-20-6-2-7-21-36)37-22-8-3-9-23-37/h1-32H. The molecule has 2 heterocycles. The molecule has 0 radical (unpaired) electrons. The highest BCUT2D eigenvalue weighted by Gasteiger charge is 2.43. The van der Waals surface area contributed by atoms with Crippen LogP contribution in [-0.2, 0) is 0 Å². The molecule has 0 N–H and O–H groups in total. The topological polar surface area (TPSA) is 21.7 Å². The maximum atomic E-state index is 6.96. The predicted octanol–water partition coefficient (Wildman–Crippen LogP) is 11.5. The van der Waals surface area contributed by atoms with Crippen molar-refractivity contribution in [3.63, 3.8) is 0 Å². The molecule has 0 saturated heterocycles. The van der Waals surface area contributed by atoms with Crippen molar-refractivity contribution in [2.45, 2.75) is 0 Å². The van der Waals surface area contributed by atoms with Gasteiger partial charge >= 0.3 is 0 Å². The predicted molar refractivity (Wildman–Crippen MR) is 225 cm³/mol. The van der Waals surface area contributed by atoms with Crippen LogP contribution in [0.5, 0.6) is 23.0 Å². The lowest BCUT2D eigenvalue weighted by atomic mass is 9.33. The van der Waals surface area contributed by atoms with E-state index in [1.54, 1.807) is 0 Å². The van der Waals surface area contributed by atoms with Gasteiger partial charge in [-0.25, -0.2) is 0 Å². The first-order valence-electron chi connectivity index (χ1n) is 18.5. The molecule has 0 saturated carbocycles. The number of hydrogen-bond acceptors (Lipinski definition) is 3. The van der Waals surface area contributed by atoms with E-state index < -0.39 is 0 Å². The average molecular weight is 690 g/mol. The molecule has 11 rings (SSSR count). The van der Waals surface area contributed by atoms with Crippen LogP contribution < -0.4 is 30.8 Å². The zero-order valence-corrected chi connectivity index (χ0v) is 29.3. The molecule has 0 unspecified atom stereocenters. The van der Waals surface area contributed by atoms with Gasteiger partial charge in [-0.2, -0.15) is 0 Å². The lowest BCUT2D eigenvalue weighted by molar-refractivity contribution is 0.465. The van der Waals surface area contributed by atoms with Crippen LogP contribution in [-0.4, -0.2) is 6.71 Å². The van der Waals surface area contributed by atoms with Gasteiger partial charge in [0.1, 0.15) is 23.0 Å². The molecular formula is C50H32BNO2. The number of para-hydroxylation sites is 2. The maximum Gasteiger partial charge on any atom is 0.262 e. The Morgan fingerprint density at radius 1 is 0.333 bits per heavy atom. The summed E-state index contributed by atoms with van der Waals surface area (Å²) in [6, 6.07) is 68.8. The van der Waals surface area contributed by atoms with Gasteiger partial charge in [0.15, 0.2) is 0 Å². The zero-order valence-electron chi connectivity index (χ0n) is 29.3. The van der Waals surface area contributed by atoms with E-state index in [1.165, 1.54) is 27.4 Å². The second kappa shape index (κ2) is 12.3. The highest BCUT2D eigenvalue weighted by molar-refractivity contribution is 7.01. The molecule has 9 aromatic carbocycles. The maximum absolute atomic E-state index is 6.96. The molecule has 0 atom stereocenters. The number of anilines is 3. The van der Waals surface area contributed by atoms with Crippen molar-refractivity contribution in [3.8, 4) is 45.3 Å². The third kappa shape index (κ3) is 4.77. The van der Waals surface area contributed by atoms with Crippen LogP contribution in [0.2, 0.25) is 0 Å². The van der Waals surface area contributed by atoms with Crippen molar-refractivity contribution in [1.82, 2.24) is 0 Å². The van der Waals surface area contributed by atoms with Gasteiger partial charge < -0.3 is 14.4 Å². The lowest BCUT2D eigenvalue weighted by Gasteiger charge is -2.36. The largest absolute Gasteiger partial charge is 0.458 e. The number of benzene rings is 9. The van der Waals surface area contributed by atoms with E-state index in [0.29, 0.717) is 0 Å². The molecule has 9 aromatic rings. The van der Waals surface area contributed by atoms with E-state index in [-0.39, 0.29) is 6.71 Å². The minimum Gasteiger partial charge on any atom is -0.458 e. The SMILES string of the molecule is c1ccc(-c2cccc(-c3cc4c(c5ccccc35)B3c5c(cccc5Oc5cc(N(c6ccccc6)c6ccccc6)c6ccccc6c53)O4)c2)cc1. The van der Waals surface area contributed by atoms with Gasteiger partial charge in [-0.05, 0) is 97.9 Å². The summed E-state index contributed by atoms with van der Waals surface area (Å²) >= 11 is 0. The first-order chi connectivity index (χ1) is 26.8. The van der Waals surface area contributed by atoms with Crippen LogP contribution in [0.3, 0.4) is 0 Å². The van der Waals surface area contributed by atoms with Gasteiger partial charge in [-0.15, -0.1) is 0 Å². The van der Waals surface area contributed by atoms with E-state index >= 15 is 0 Å². The number of fused-ring (bicyclic) bond motifs is 8. The zero-order chi connectivity index (χ0) is 35.6. The molecule has 2 aliphatic rings. The fourth-order valence-corrected chi connectivity index (χ4v) is 8.65. The Hall–Kier alpha value is -7.04. The smallest absolute Gasteiger partial charge is 0.262 e. The minimum absolute atomic E-state index is 0.112. The van der Waals surface area contributed by atoms with Crippen LogP contribution in [0.15, 0.2) is 194 Å². The van der Waals surface area contributed by atoms with E-state index in [2.05, 4.69) is 193 Å². The van der Waals surface area contributed by atoms with Crippen molar-refractivity contribution in [2.75, 3.05) is 4.90 Å². The van der Waals surface area contributed by atoms with Crippen LogP contribution in [0.4, 0.5) is 17.1 Å². The Kier molecular flexibility index (Phi) is 6.96. The van der Waals surface area contributed by atoms with Crippen molar-refractivity contribution >= 4 is 61.7 Å². The molecule has 2 aliphatic heterocycles. The molecule has 0 amide bonds. The molecule has 0 aliphatic carbocycles. The van der Waals surface area contributed by atoms with Crippen molar-refractivity contribution < 1.29 is 9.47 Å². The summed E-state index contributed by atoms with van der Waals surface area (Å²) in [6.07, 6.45) is 0. The van der Waals surface area contributed by atoms with Gasteiger partial charge in [0.25, 0.3) is 6.71 Å². The number of ether oxygens (including phenoxy) is 2. The molecule has 4 heteroatoms. The summed E-state index contributed by atoms with van der Waals surface area (Å²) in [5.74, 6) is 3.39. The molecule has 0 bridgehead atoms. The number of rotatable bonds is 5. The summed E-state index contributed by atoms with van der Waals surface area (Å²) in [4.78, 5) is 2.33. The van der Waals surface area contributed by atoms with Crippen LogP contribution >= 0.6 is 0 Å². The third-order valence-electron chi connectivity index (χ3n) is 11.0. The molecular weight excluding hydrogens is 657 g/mol.